The maximum absolute atomic E-state index is 14.7. The number of rotatable bonds is 9. The van der Waals surface area contributed by atoms with Gasteiger partial charge in [0.05, 0.1) is 6.20 Å². The maximum Gasteiger partial charge on any atom is 0.330 e. The standard InChI is InChI=1S/C27H26FN7O4S/c1-34-15-20(13-29-34)40(38,39)33-19-10-8-17(9-11-19)21(12-18-4-2-3-5-22(18)28)24-30-23-25(31-24)35(14-16-6-7-16)27(37)32-26(23)36/h2-5,8-11,13,15-16,21,33H,6-7,12,14H2,1H3,(H,30,31)(H,32,36,37). The second-order valence-electron chi connectivity index (χ2n) is 10.1. The molecule has 0 amide bonds. The first-order chi connectivity index (χ1) is 19.2. The Kier molecular flexibility index (Phi) is 6.37. The Morgan fingerprint density at radius 3 is 2.52 bits per heavy atom. The van der Waals surface area contributed by atoms with E-state index in [0.29, 0.717) is 35.1 Å². The van der Waals surface area contributed by atoms with Crippen molar-refractivity contribution in [2.24, 2.45) is 13.0 Å². The maximum atomic E-state index is 14.7. The number of benzene rings is 2. The van der Waals surface area contributed by atoms with Gasteiger partial charge < -0.3 is 4.98 Å². The molecule has 1 saturated carbocycles. The summed E-state index contributed by atoms with van der Waals surface area (Å²) in [4.78, 5) is 35.4. The SMILES string of the molecule is Cn1cc(S(=O)(=O)Nc2ccc(C(Cc3ccccc3F)c3nc4c([nH]3)c(=O)[nH]c(=O)n4CC3CC3)cc2)cn1. The van der Waals surface area contributed by atoms with Crippen LogP contribution in [0.2, 0.25) is 0 Å². The van der Waals surface area contributed by atoms with E-state index in [1.54, 1.807) is 49.5 Å². The molecule has 1 aliphatic rings. The third kappa shape index (κ3) is 5.07. The molecule has 0 saturated heterocycles. The van der Waals surface area contributed by atoms with Crippen LogP contribution in [0.15, 0.2) is 75.4 Å². The van der Waals surface area contributed by atoms with Gasteiger partial charge >= 0.3 is 5.69 Å². The lowest BCUT2D eigenvalue weighted by Crippen LogP contribution is -2.30. The Balaban J connectivity index is 1.39. The van der Waals surface area contributed by atoms with E-state index >= 15 is 0 Å². The molecular formula is C27H26FN7O4S. The lowest BCUT2D eigenvalue weighted by atomic mass is 9.91. The van der Waals surface area contributed by atoms with Gasteiger partial charge in [-0.05, 0) is 54.5 Å². The molecular weight excluding hydrogens is 537 g/mol. The fraction of sp³-hybridized carbons (Fsp3) is 0.259. The summed E-state index contributed by atoms with van der Waals surface area (Å²) in [5, 5.41) is 3.91. The third-order valence-electron chi connectivity index (χ3n) is 7.06. The van der Waals surface area contributed by atoms with Crippen LogP contribution in [0.4, 0.5) is 10.1 Å². The van der Waals surface area contributed by atoms with Gasteiger partial charge in [-0.15, -0.1) is 0 Å². The number of halogens is 1. The van der Waals surface area contributed by atoms with Crippen LogP contribution in [0.25, 0.3) is 11.2 Å². The van der Waals surface area contributed by atoms with Crippen molar-refractivity contribution in [1.29, 1.82) is 0 Å². The van der Waals surface area contributed by atoms with E-state index in [-0.39, 0.29) is 28.3 Å². The van der Waals surface area contributed by atoms with Crippen molar-refractivity contribution in [3.8, 4) is 0 Å². The highest BCUT2D eigenvalue weighted by molar-refractivity contribution is 7.92. The normalized spacial score (nSPS) is 14.4. The smallest absolute Gasteiger partial charge is 0.330 e. The summed E-state index contributed by atoms with van der Waals surface area (Å²) in [7, 11) is -2.21. The number of nitrogens with one attached hydrogen (secondary N) is 3. The van der Waals surface area contributed by atoms with Crippen LogP contribution in [0, 0.1) is 11.7 Å². The monoisotopic (exact) mass is 563 g/mol. The number of sulfonamides is 1. The second-order valence-corrected chi connectivity index (χ2v) is 11.7. The van der Waals surface area contributed by atoms with E-state index in [1.165, 1.54) is 27.7 Å². The Morgan fingerprint density at radius 2 is 1.85 bits per heavy atom. The van der Waals surface area contributed by atoms with Crippen LogP contribution in [-0.4, -0.2) is 37.7 Å². The fourth-order valence-electron chi connectivity index (χ4n) is 4.74. The van der Waals surface area contributed by atoms with E-state index < -0.39 is 27.2 Å². The second kappa shape index (κ2) is 9.90. The Bertz CT molecular complexity index is 1940. The Hall–Kier alpha value is -4.52. The number of aryl methyl sites for hydroxylation is 1. The van der Waals surface area contributed by atoms with Crippen LogP contribution in [0.1, 0.15) is 35.7 Å². The lowest BCUT2D eigenvalue weighted by Gasteiger charge is -2.17. The first-order valence-corrected chi connectivity index (χ1v) is 14.2. The summed E-state index contributed by atoms with van der Waals surface area (Å²) in [6, 6.07) is 13.1. The predicted octanol–water partition coefficient (Wildman–Crippen LogP) is 2.87. The topological polar surface area (TPSA) is 148 Å². The first-order valence-electron chi connectivity index (χ1n) is 12.8. The van der Waals surface area contributed by atoms with Crippen molar-refractivity contribution >= 4 is 26.9 Å². The minimum absolute atomic E-state index is 0.0289. The van der Waals surface area contributed by atoms with Gasteiger partial charge in [0, 0.05) is 31.4 Å². The minimum atomic E-state index is -3.84. The summed E-state index contributed by atoms with van der Waals surface area (Å²) < 4.78 is 45.6. The summed E-state index contributed by atoms with van der Waals surface area (Å²) in [5.41, 5.74) is 0.827. The highest BCUT2D eigenvalue weighted by Gasteiger charge is 2.27. The minimum Gasteiger partial charge on any atom is -0.336 e. The highest BCUT2D eigenvalue weighted by Crippen LogP contribution is 2.32. The largest absolute Gasteiger partial charge is 0.336 e. The van der Waals surface area contributed by atoms with Crippen molar-refractivity contribution in [2.45, 2.75) is 36.6 Å². The molecule has 3 N–H and O–H groups in total. The molecule has 6 rings (SSSR count). The van der Waals surface area contributed by atoms with Crippen molar-refractivity contribution in [3.05, 3.63) is 105 Å². The zero-order valence-corrected chi connectivity index (χ0v) is 22.3. The van der Waals surface area contributed by atoms with Gasteiger partial charge in [-0.3, -0.25) is 23.7 Å². The van der Waals surface area contributed by atoms with Gasteiger partial charge in [-0.1, -0.05) is 30.3 Å². The quantitative estimate of drug-likeness (QED) is 0.251. The molecule has 40 heavy (non-hydrogen) atoms. The third-order valence-corrected chi connectivity index (χ3v) is 8.39. The van der Waals surface area contributed by atoms with Crippen LogP contribution in [0.5, 0.6) is 0 Å². The molecule has 1 unspecified atom stereocenters. The first kappa shape index (κ1) is 25.7. The van der Waals surface area contributed by atoms with Crippen LogP contribution in [0.3, 0.4) is 0 Å². The van der Waals surface area contributed by atoms with Gasteiger partial charge in [0.1, 0.15) is 22.1 Å². The molecule has 11 nitrogen and oxygen atoms in total. The number of imidazole rings is 1. The number of H-pyrrole nitrogens is 2. The molecule has 0 radical (unpaired) electrons. The zero-order chi connectivity index (χ0) is 28.0. The molecule has 13 heteroatoms. The van der Waals surface area contributed by atoms with E-state index in [2.05, 4.69) is 24.8 Å². The Labute approximate surface area is 227 Å². The van der Waals surface area contributed by atoms with Gasteiger partial charge in [-0.25, -0.2) is 22.6 Å². The van der Waals surface area contributed by atoms with Crippen molar-refractivity contribution in [3.63, 3.8) is 0 Å². The molecule has 5 aromatic rings. The van der Waals surface area contributed by atoms with Gasteiger partial charge in [-0.2, -0.15) is 5.10 Å². The highest BCUT2D eigenvalue weighted by atomic mass is 32.2. The van der Waals surface area contributed by atoms with E-state index in [0.717, 1.165) is 12.8 Å². The molecule has 1 fully saturated rings. The summed E-state index contributed by atoms with van der Waals surface area (Å²) in [6.07, 6.45) is 4.88. The van der Waals surface area contributed by atoms with Crippen LogP contribution in [-0.2, 0) is 30.0 Å². The van der Waals surface area contributed by atoms with E-state index in [4.69, 9.17) is 0 Å². The number of hydrogen-bond acceptors (Lipinski definition) is 6. The molecule has 0 aliphatic heterocycles. The van der Waals surface area contributed by atoms with Gasteiger partial charge in [0.15, 0.2) is 5.65 Å². The molecule has 0 bridgehead atoms. The Morgan fingerprint density at radius 1 is 1.10 bits per heavy atom. The average molecular weight is 564 g/mol. The van der Waals surface area contributed by atoms with Gasteiger partial charge in [0.25, 0.3) is 15.6 Å². The van der Waals surface area contributed by atoms with Crippen LogP contribution < -0.4 is 16.0 Å². The van der Waals surface area contributed by atoms with E-state index in [1.807, 2.05) is 0 Å². The molecule has 206 valence electrons. The molecule has 1 atom stereocenters. The molecule has 3 heterocycles. The average Bonchev–Trinajstić information content (AvgIpc) is 3.44. The van der Waals surface area contributed by atoms with E-state index in [9.17, 15) is 22.4 Å². The summed E-state index contributed by atoms with van der Waals surface area (Å²) in [5.74, 6) is -0.156. The zero-order valence-electron chi connectivity index (χ0n) is 21.5. The predicted molar refractivity (Wildman–Crippen MR) is 146 cm³/mol. The number of anilines is 1. The van der Waals surface area contributed by atoms with Crippen molar-refractivity contribution in [1.82, 2.24) is 29.3 Å². The number of fused-ring (bicyclic) bond motifs is 1. The molecule has 0 spiro atoms. The molecule has 3 aromatic heterocycles. The fourth-order valence-corrected chi connectivity index (χ4v) is 5.78. The number of aromatic nitrogens is 6. The van der Waals surface area contributed by atoms with Gasteiger partial charge in [0.2, 0.25) is 0 Å². The number of nitrogens with zero attached hydrogens (tertiary/aromatic N) is 4. The van der Waals surface area contributed by atoms with Crippen molar-refractivity contribution < 1.29 is 12.8 Å². The summed E-state index contributed by atoms with van der Waals surface area (Å²) >= 11 is 0. The molecule has 1 aliphatic carbocycles. The molecule has 2 aromatic carbocycles. The number of hydrogen-bond donors (Lipinski definition) is 3. The van der Waals surface area contributed by atoms with Crippen LogP contribution >= 0.6 is 0 Å². The van der Waals surface area contributed by atoms with Crippen molar-refractivity contribution in [2.75, 3.05) is 4.72 Å². The lowest BCUT2D eigenvalue weighted by molar-refractivity contribution is 0.597. The number of aromatic amines is 2. The summed E-state index contributed by atoms with van der Waals surface area (Å²) in [6.45, 7) is 0.458.